The quantitative estimate of drug-likeness (QED) is 0.731. The molecule has 1 saturated heterocycles. The van der Waals surface area contributed by atoms with Crippen LogP contribution in [0.1, 0.15) is 12.0 Å². The number of aliphatic carboxylic acids is 1. The van der Waals surface area contributed by atoms with Crippen molar-refractivity contribution in [2.45, 2.75) is 25.2 Å². The molecule has 0 aromatic carbocycles. The summed E-state index contributed by atoms with van der Waals surface area (Å²) in [5.74, 6) is -2.20. The number of nitrogens with two attached hydrogens (primary N) is 2. The van der Waals surface area contributed by atoms with Crippen molar-refractivity contribution >= 4 is 39.1 Å². The number of fused-ring (bicyclic) bond motifs is 1. The maximum absolute atomic E-state index is 11.8. The highest BCUT2D eigenvalue weighted by Crippen LogP contribution is 2.30. The fourth-order valence-electron chi connectivity index (χ4n) is 2.32. The van der Waals surface area contributed by atoms with E-state index in [-0.39, 0.29) is 11.9 Å². The van der Waals surface area contributed by atoms with Crippen LogP contribution in [0.25, 0.3) is 10.1 Å². The Morgan fingerprint density at radius 2 is 2.12 bits per heavy atom. The molecule has 5 N–H and O–H groups in total. The van der Waals surface area contributed by atoms with Crippen LogP contribution in [0.5, 0.6) is 0 Å². The predicted molar refractivity (Wildman–Crippen MR) is 85.7 cm³/mol. The van der Waals surface area contributed by atoms with Crippen LogP contribution in [0.4, 0.5) is 19.0 Å². The van der Waals surface area contributed by atoms with Gasteiger partial charge in [0.2, 0.25) is 5.91 Å². The van der Waals surface area contributed by atoms with Gasteiger partial charge in [-0.1, -0.05) is 0 Å². The molecule has 136 valence electrons. The van der Waals surface area contributed by atoms with Gasteiger partial charge in [-0.05, 0) is 23.4 Å². The first kappa shape index (κ1) is 18.9. The standard InChI is InChI=1S/C12H14N4OS.C2HF3O2/c13-8-2-4-16(12(8)17)5-7-6-18-9-1-3-15-11(14)10(7)9;3-2(4,5)1(6)7/h1,3,6,8H,2,4-5,13H2,(H2,14,15);(H,6,7). The van der Waals surface area contributed by atoms with E-state index in [1.165, 1.54) is 0 Å². The van der Waals surface area contributed by atoms with E-state index in [0.29, 0.717) is 12.4 Å². The van der Waals surface area contributed by atoms with Crippen LogP contribution in [0.3, 0.4) is 0 Å². The summed E-state index contributed by atoms with van der Waals surface area (Å²) in [5.41, 5.74) is 12.7. The Bertz CT molecular complexity index is 793. The molecule has 0 aliphatic carbocycles. The Kier molecular flexibility index (Phi) is 5.48. The molecule has 0 spiro atoms. The van der Waals surface area contributed by atoms with Gasteiger partial charge in [0, 0.05) is 29.4 Å². The van der Waals surface area contributed by atoms with E-state index in [0.717, 1.165) is 28.6 Å². The third kappa shape index (κ3) is 4.37. The van der Waals surface area contributed by atoms with Gasteiger partial charge in [-0.15, -0.1) is 11.3 Å². The molecule has 1 amide bonds. The van der Waals surface area contributed by atoms with Crippen LogP contribution >= 0.6 is 11.3 Å². The van der Waals surface area contributed by atoms with E-state index in [9.17, 15) is 18.0 Å². The van der Waals surface area contributed by atoms with E-state index in [1.54, 1.807) is 22.4 Å². The van der Waals surface area contributed by atoms with E-state index in [2.05, 4.69) is 4.98 Å². The molecule has 1 unspecified atom stereocenters. The number of hydrogen-bond acceptors (Lipinski definition) is 6. The molecule has 2 aromatic rings. The van der Waals surface area contributed by atoms with Gasteiger partial charge in [-0.3, -0.25) is 4.79 Å². The fourth-order valence-corrected chi connectivity index (χ4v) is 3.27. The lowest BCUT2D eigenvalue weighted by molar-refractivity contribution is -0.192. The molecular weight excluding hydrogens is 361 g/mol. The normalized spacial score (nSPS) is 17.5. The Morgan fingerprint density at radius 3 is 2.64 bits per heavy atom. The van der Waals surface area contributed by atoms with Gasteiger partial charge in [0.25, 0.3) is 0 Å². The number of rotatable bonds is 2. The van der Waals surface area contributed by atoms with Crippen molar-refractivity contribution in [3.05, 3.63) is 23.2 Å². The number of halogens is 3. The molecule has 1 atom stereocenters. The first-order valence-electron chi connectivity index (χ1n) is 7.06. The fraction of sp³-hybridized carbons (Fsp3) is 0.357. The van der Waals surface area contributed by atoms with Crippen molar-refractivity contribution in [2.75, 3.05) is 12.3 Å². The first-order chi connectivity index (χ1) is 11.6. The number of pyridine rings is 1. The van der Waals surface area contributed by atoms with Gasteiger partial charge in [-0.25, -0.2) is 9.78 Å². The van der Waals surface area contributed by atoms with Crippen LogP contribution < -0.4 is 11.5 Å². The third-order valence-corrected chi connectivity index (χ3v) is 4.53. The van der Waals surface area contributed by atoms with Crippen LogP contribution in [0, 0.1) is 0 Å². The van der Waals surface area contributed by atoms with Crippen molar-refractivity contribution in [1.82, 2.24) is 9.88 Å². The van der Waals surface area contributed by atoms with Crippen molar-refractivity contribution in [3.8, 4) is 0 Å². The molecule has 0 saturated carbocycles. The van der Waals surface area contributed by atoms with Gasteiger partial charge in [-0.2, -0.15) is 13.2 Å². The summed E-state index contributed by atoms with van der Waals surface area (Å²) in [6, 6.07) is 1.60. The minimum absolute atomic E-state index is 0.0248. The summed E-state index contributed by atoms with van der Waals surface area (Å²) < 4.78 is 32.8. The van der Waals surface area contributed by atoms with Crippen LogP contribution in [-0.2, 0) is 16.1 Å². The topological polar surface area (TPSA) is 123 Å². The van der Waals surface area contributed by atoms with Crippen molar-refractivity contribution in [1.29, 1.82) is 0 Å². The maximum Gasteiger partial charge on any atom is 0.490 e. The Balaban J connectivity index is 0.000000277. The third-order valence-electron chi connectivity index (χ3n) is 3.53. The monoisotopic (exact) mass is 376 g/mol. The lowest BCUT2D eigenvalue weighted by Gasteiger charge is -2.15. The number of nitrogen functional groups attached to an aromatic ring is 1. The predicted octanol–water partition coefficient (Wildman–Crippen LogP) is 1.57. The second-order valence-electron chi connectivity index (χ2n) is 5.29. The zero-order valence-corrected chi connectivity index (χ0v) is 13.6. The number of aromatic nitrogens is 1. The minimum Gasteiger partial charge on any atom is -0.475 e. The highest BCUT2D eigenvalue weighted by molar-refractivity contribution is 7.17. The number of anilines is 1. The Labute approximate surface area is 144 Å². The minimum atomic E-state index is -5.08. The molecule has 3 heterocycles. The summed E-state index contributed by atoms with van der Waals surface area (Å²) in [4.78, 5) is 26.6. The molecule has 11 heteroatoms. The number of amides is 1. The summed E-state index contributed by atoms with van der Waals surface area (Å²) in [6.07, 6.45) is -2.65. The Hall–Kier alpha value is -2.40. The highest BCUT2D eigenvalue weighted by Gasteiger charge is 2.38. The molecule has 0 bridgehead atoms. The smallest absolute Gasteiger partial charge is 0.475 e. The van der Waals surface area contributed by atoms with Gasteiger partial charge >= 0.3 is 12.1 Å². The number of likely N-dealkylation sites (tertiary alicyclic amines) is 1. The SMILES string of the molecule is Nc1nccc2scc(CN3CCC(N)C3=O)c12.O=C(O)C(F)(F)F. The van der Waals surface area contributed by atoms with Gasteiger partial charge in [0.15, 0.2) is 0 Å². The zero-order chi connectivity index (χ0) is 18.8. The number of carboxylic acids is 1. The summed E-state index contributed by atoms with van der Waals surface area (Å²) in [7, 11) is 0. The van der Waals surface area contributed by atoms with Crippen molar-refractivity contribution in [2.24, 2.45) is 5.73 Å². The average Bonchev–Trinajstić information content (AvgIpc) is 3.07. The molecule has 0 radical (unpaired) electrons. The summed E-state index contributed by atoms with van der Waals surface area (Å²) in [5, 5.41) is 10.1. The molecule has 1 aliphatic rings. The Morgan fingerprint density at radius 1 is 1.48 bits per heavy atom. The number of hydrogen-bond donors (Lipinski definition) is 3. The second-order valence-corrected chi connectivity index (χ2v) is 6.20. The first-order valence-corrected chi connectivity index (χ1v) is 7.94. The number of thiophene rings is 1. The van der Waals surface area contributed by atoms with Crippen LogP contribution in [0.2, 0.25) is 0 Å². The molecule has 2 aromatic heterocycles. The van der Waals surface area contributed by atoms with Crippen molar-refractivity contribution < 1.29 is 27.9 Å². The average molecular weight is 376 g/mol. The zero-order valence-electron chi connectivity index (χ0n) is 12.8. The van der Waals surface area contributed by atoms with Gasteiger partial charge in [0.1, 0.15) is 5.82 Å². The number of nitrogens with zero attached hydrogens (tertiary/aromatic N) is 2. The number of carbonyl (C=O) groups excluding carboxylic acids is 1. The van der Waals surface area contributed by atoms with E-state index in [4.69, 9.17) is 21.4 Å². The number of carboxylic acid groups (broad SMARTS) is 1. The van der Waals surface area contributed by atoms with Gasteiger partial charge in [0.05, 0.1) is 6.04 Å². The van der Waals surface area contributed by atoms with Crippen LogP contribution in [-0.4, -0.2) is 45.6 Å². The molecule has 25 heavy (non-hydrogen) atoms. The summed E-state index contributed by atoms with van der Waals surface area (Å²) >= 11 is 1.62. The maximum atomic E-state index is 11.8. The van der Waals surface area contributed by atoms with E-state index < -0.39 is 12.1 Å². The molecular formula is C14H15F3N4O3S. The second kappa shape index (κ2) is 7.23. The van der Waals surface area contributed by atoms with Crippen LogP contribution in [0.15, 0.2) is 17.6 Å². The number of alkyl halides is 3. The molecule has 3 rings (SSSR count). The molecule has 7 nitrogen and oxygen atoms in total. The van der Waals surface area contributed by atoms with Crippen molar-refractivity contribution in [3.63, 3.8) is 0 Å². The largest absolute Gasteiger partial charge is 0.490 e. The lowest BCUT2D eigenvalue weighted by Crippen LogP contribution is -2.33. The highest BCUT2D eigenvalue weighted by atomic mass is 32.1. The van der Waals surface area contributed by atoms with E-state index >= 15 is 0 Å². The van der Waals surface area contributed by atoms with E-state index in [1.807, 2.05) is 11.4 Å². The summed E-state index contributed by atoms with van der Waals surface area (Å²) in [6.45, 7) is 1.29. The molecule has 1 fully saturated rings. The molecule has 1 aliphatic heterocycles. The van der Waals surface area contributed by atoms with Gasteiger partial charge < -0.3 is 21.5 Å². The lowest BCUT2D eigenvalue weighted by atomic mass is 10.2. The number of carbonyl (C=O) groups is 2.